The smallest absolute Gasteiger partial charge is 0.408 e. The summed E-state index contributed by atoms with van der Waals surface area (Å²) in [6.45, 7) is 5.35. The molecule has 1 aromatic rings. The van der Waals surface area contributed by atoms with Crippen molar-refractivity contribution >= 4 is 33.6 Å². The Morgan fingerprint density at radius 3 is 2.70 bits per heavy atom. The lowest BCUT2D eigenvalue weighted by molar-refractivity contribution is 0.0535. The van der Waals surface area contributed by atoms with E-state index in [2.05, 4.69) is 33.1 Å². The number of hydrogen-bond donors (Lipinski definition) is 1. The molecule has 3 nitrogen and oxygen atoms in total. The highest BCUT2D eigenvalue weighted by Crippen LogP contribution is 2.23. The molecule has 0 aliphatic heterocycles. The summed E-state index contributed by atoms with van der Waals surface area (Å²) in [4.78, 5) is 11.3. The van der Waals surface area contributed by atoms with Gasteiger partial charge in [-0.05, 0) is 48.8 Å². The first kappa shape index (κ1) is 16.8. The standard InChI is InChI=1S/C14H14BrClFNO2/c1-14(2,3)20-13(19)18-6-4-5-10-11(15)7-9(16)8-12(10)17/h7-8H,6H2,1-3H3,(H,18,19). The number of alkyl carbamates (subject to hydrolysis) is 1. The number of benzene rings is 1. The zero-order valence-electron chi connectivity index (χ0n) is 11.3. The van der Waals surface area contributed by atoms with Crippen molar-refractivity contribution in [2.45, 2.75) is 26.4 Å². The molecule has 0 aromatic heterocycles. The van der Waals surface area contributed by atoms with Gasteiger partial charge in [-0.15, -0.1) is 0 Å². The Hall–Kier alpha value is -1.25. The van der Waals surface area contributed by atoms with E-state index in [0.29, 0.717) is 4.47 Å². The first-order valence-corrected chi connectivity index (χ1v) is 6.96. The molecule has 0 atom stereocenters. The van der Waals surface area contributed by atoms with Crippen LogP contribution in [0.15, 0.2) is 16.6 Å². The summed E-state index contributed by atoms with van der Waals surface area (Å²) in [5, 5.41) is 2.75. The van der Waals surface area contributed by atoms with Crippen LogP contribution in [0.4, 0.5) is 9.18 Å². The number of amides is 1. The van der Waals surface area contributed by atoms with E-state index in [0.717, 1.165) is 0 Å². The van der Waals surface area contributed by atoms with Gasteiger partial charge in [0.15, 0.2) is 0 Å². The number of ether oxygens (including phenoxy) is 1. The topological polar surface area (TPSA) is 38.3 Å². The average molecular weight is 363 g/mol. The molecule has 0 fully saturated rings. The van der Waals surface area contributed by atoms with Crippen LogP contribution in [0.2, 0.25) is 5.02 Å². The molecule has 1 amide bonds. The third-order valence-electron chi connectivity index (χ3n) is 1.94. The highest BCUT2D eigenvalue weighted by molar-refractivity contribution is 9.10. The quantitative estimate of drug-likeness (QED) is 0.763. The van der Waals surface area contributed by atoms with E-state index < -0.39 is 17.5 Å². The van der Waals surface area contributed by atoms with E-state index in [1.807, 2.05) is 0 Å². The molecule has 1 rings (SSSR count). The monoisotopic (exact) mass is 361 g/mol. The number of hydrogen-bond acceptors (Lipinski definition) is 2. The van der Waals surface area contributed by atoms with E-state index in [9.17, 15) is 9.18 Å². The first-order valence-electron chi connectivity index (χ1n) is 5.79. The van der Waals surface area contributed by atoms with Gasteiger partial charge in [0.25, 0.3) is 0 Å². The van der Waals surface area contributed by atoms with Crippen LogP contribution in [0.5, 0.6) is 0 Å². The van der Waals surface area contributed by atoms with E-state index in [1.165, 1.54) is 6.07 Å². The predicted molar refractivity (Wildman–Crippen MR) is 80.2 cm³/mol. The van der Waals surface area contributed by atoms with Crippen molar-refractivity contribution in [1.29, 1.82) is 0 Å². The molecule has 0 aliphatic rings. The summed E-state index contributed by atoms with van der Waals surface area (Å²) in [5.41, 5.74) is -0.372. The van der Waals surface area contributed by atoms with Crippen LogP contribution in [0, 0.1) is 17.7 Å². The minimum atomic E-state index is -0.567. The van der Waals surface area contributed by atoms with Crippen molar-refractivity contribution in [3.8, 4) is 11.8 Å². The van der Waals surface area contributed by atoms with Crippen molar-refractivity contribution < 1.29 is 13.9 Å². The third-order valence-corrected chi connectivity index (χ3v) is 2.78. The number of rotatable bonds is 1. The largest absolute Gasteiger partial charge is 0.444 e. The molecule has 0 radical (unpaired) electrons. The average Bonchev–Trinajstić information content (AvgIpc) is 2.23. The number of halogens is 3. The maximum Gasteiger partial charge on any atom is 0.408 e. The highest BCUT2D eigenvalue weighted by Gasteiger charge is 2.15. The van der Waals surface area contributed by atoms with Gasteiger partial charge in [-0.3, -0.25) is 0 Å². The summed E-state index contributed by atoms with van der Waals surface area (Å²) in [6, 6.07) is 2.73. The van der Waals surface area contributed by atoms with Gasteiger partial charge in [0.2, 0.25) is 0 Å². The molecule has 0 spiro atoms. The molecule has 0 heterocycles. The maximum atomic E-state index is 13.6. The Balaban J connectivity index is 2.62. The van der Waals surface area contributed by atoms with Crippen molar-refractivity contribution in [1.82, 2.24) is 5.32 Å². The predicted octanol–water partition coefficient (Wildman–Crippen LogP) is 4.12. The summed E-state index contributed by atoms with van der Waals surface area (Å²) >= 11 is 8.87. The highest BCUT2D eigenvalue weighted by atomic mass is 79.9. The Bertz CT molecular complexity index is 550. The van der Waals surface area contributed by atoms with Crippen molar-refractivity contribution in [3.05, 3.63) is 33.0 Å². The number of carbonyl (C=O) groups is 1. The zero-order valence-corrected chi connectivity index (χ0v) is 13.7. The van der Waals surface area contributed by atoms with Gasteiger partial charge >= 0.3 is 6.09 Å². The molecule has 0 aliphatic carbocycles. The molecule has 1 N–H and O–H groups in total. The van der Waals surface area contributed by atoms with E-state index in [4.69, 9.17) is 16.3 Å². The molecule has 6 heteroatoms. The fourth-order valence-corrected chi connectivity index (χ4v) is 2.10. The fourth-order valence-electron chi connectivity index (χ4n) is 1.22. The Morgan fingerprint density at radius 1 is 1.50 bits per heavy atom. The van der Waals surface area contributed by atoms with Gasteiger partial charge in [-0.25, -0.2) is 9.18 Å². The lowest BCUT2D eigenvalue weighted by atomic mass is 10.2. The summed E-state index contributed by atoms with van der Waals surface area (Å²) in [5.74, 6) is 4.75. The van der Waals surface area contributed by atoms with Gasteiger partial charge in [0.1, 0.15) is 11.4 Å². The van der Waals surface area contributed by atoms with Crippen LogP contribution in [0.1, 0.15) is 26.3 Å². The SMILES string of the molecule is CC(C)(C)OC(=O)NCC#Cc1c(F)cc(Cl)cc1Br. The second-order valence-electron chi connectivity index (χ2n) is 4.90. The molecule has 0 saturated carbocycles. The van der Waals surface area contributed by atoms with E-state index in [-0.39, 0.29) is 17.1 Å². The van der Waals surface area contributed by atoms with Gasteiger partial charge in [0.05, 0.1) is 12.1 Å². The molecule has 0 bridgehead atoms. The lowest BCUT2D eigenvalue weighted by Crippen LogP contribution is -2.32. The third kappa shape index (κ3) is 5.81. The van der Waals surface area contributed by atoms with Crippen LogP contribution in [-0.2, 0) is 4.74 Å². The van der Waals surface area contributed by atoms with Crippen LogP contribution >= 0.6 is 27.5 Å². The Morgan fingerprint density at radius 2 is 2.15 bits per heavy atom. The molecule has 1 aromatic carbocycles. The van der Waals surface area contributed by atoms with Crippen molar-refractivity contribution in [3.63, 3.8) is 0 Å². The fraction of sp³-hybridized carbons (Fsp3) is 0.357. The lowest BCUT2D eigenvalue weighted by Gasteiger charge is -2.19. The van der Waals surface area contributed by atoms with Crippen LogP contribution < -0.4 is 5.32 Å². The summed E-state index contributed by atoms with van der Waals surface area (Å²) in [6.07, 6.45) is -0.567. The number of carbonyl (C=O) groups excluding carboxylic acids is 1. The maximum absolute atomic E-state index is 13.6. The summed E-state index contributed by atoms with van der Waals surface area (Å²) in [7, 11) is 0. The van der Waals surface area contributed by atoms with Crippen LogP contribution in [0.3, 0.4) is 0 Å². The van der Waals surface area contributed by atoms with Crippen LogP contribution in [-0.4, -0.2) is 18.2 Å². The van der Waals surface area contributed by atoms with Gasteiger partial charge in [-0.2, -0.15) is 0 Å². The molecule has 0 unspecified atom stereocenters. The second-order valence-corrected chi connectivity index (χ2v) is 6.19. The van der Waals surface area contributed by atoms with Crippen molar-refractivity contribution in [2.24, 2.45) is 0 Å². The van der Waals surface area contributed by atoms with Gasteiger partial charge < -0.3 is 10.1 Å². The van der Waals surface area contributed by atoms with Gasteiger partial charge in [-0.1, -0.05) is 23.4 Å². The van der Waals surface area contributed by atoms with Crippen molar-refractivity contribution in [2.75, 3.05) is 6.54 Å². The molecular formula is C14H14BrClFNO2. The Labute approximate surface area is 131 Å². The minimum absolute atomic E-state index is 0.0589. The molecule has 108 valence electrons. The Kier molecular flexibility index (Phi) is 5.85. The number of nitrogens with one attached hydrogen (secondary N) is 1. The zero-order chi connectivity index (χ0) is 15.3. The van der Waals surface area contributed by atoms with Crippen LogP contribution in [0.25, 0.3) is 0 Å². The molecule has 20 heavy (non-hydrogen) atoms. The summed E-state index contributed by atoms with van der Waals surface area (Å²) < 4.78 is 19.1. The normalized spacial score (nSPS) is 10.5. The van der Waals surface area contributed by atoms with Gasteiger partial charge in [0, 0.05) is 9.50 Å². The minimum Gasteiger partial charge on any atom is -0.444 e. The van der Waals surface area contributed by atoms with E-state index >= 15 is 0 Å². The molecular weight excluding hydrogens is 349 g/mol. The van der Waals surface area contributed by atoms with E-state index in [1.54, 1.807) is 26.8 Å². The molecule has 0 saturated heterocycles. The second kappa shape index (κ2) is 6.96. The first-order chi connectivity index (χ1) is 9.19.